The molecule has 1 saturated heterocycles. The maximum absolute atomic E-state index is 9.38. The Morgan fingerprint density at radius 1 is 1.70 bits per heavy atom. The van der Waals surface area contributed by atoms with Crippen molar-refractivity contribution in [3.05, 3.63) is 0 Å². The predicted molar refractivity (Wildman–Crippen MR) is 38.6 cm³/mol. The van der Waals surface area contributed by atoms with Gasteiger partial charge in [-0.05, 0) is 19.8 Å². The molecule has 0 aliphatic carbocycles. The molecular formula is C7H15NO2. The van der Waals surface area contributed by atoms with Gasteiger partial charge < -0.3 is 15.6 Å². The minimum atomic E-state index is -0.484. The molecule has 0 radical (unpaired) electrons. The summed E-state index contributed by atoms with van der Waals surface area (Å²) in [6.07, 6.45) is 1.50. The van der Waals surface area contributed by atoms with Gasteiger partial charge >= 0.3 is 0 Å². The molecule has 0 aromatic carbocycles. The zero-order valence-electron chi connectivity index (χ0n) is 6.29. The normalized spacial score (nSPS) is 32.1. The molecule has 3 unspecified atom stereocenters. The van der Waals surface area contributed by atoms with Crippen molar-refractivity contribution in [2.75, 3.05) is 6.61 Å². The highest BCUT2D eigenvalue weighted by Crippen LogP contribution is 2.16. The van der Waals surface area contributed by atoms with Crippen LogP contribution in [0.2, 0.25) is 0 Å². The predicted octanol–water partition coefficient (Wildman–Crippen LogP) is -0.127. The molecule has 1 heterocycles. The van der Waals surface area contributed by atoms with E-state index in [4.69, 9.17) is 10.5 Å². The van der Waals surface area contributed by atoms with Crippen LogP contribution in [0.15, 0.2) is 0 Å². The quantitative estimate of drug-likeness (QED) is 0.569. The molecule has 1 aliphatic rings. The topological polar surface area (TPSA) is 55.5 Å². The zero-order chi connectivity index (χ0) is 7.56. The number of ether oxygens (including phenoxy) is 1. The van der Waals surface area contributed by atoms with Gasteiger partial charge in [0.05, 0.1) is 12.2 Å². The first-order valence-electron chi connectivity index (χ1n) is 3.77. The Hall–Kier alpha value is -0.120. The van der Waals surface area contributed by atoms with Crippen molar-refractivity contribution in [3.8, 4) is 0 Å². The fourth-order valence-electron chi connectivity index (χ4n) is 1.21. The Kier molecular flexibility index (Phi) is 2.65. The van der Waals surface area contributed by atoms with Crippen LogP contribution in [0.3, 0.4) is 0 Å². The summed E-state index contributed by atoms with van der Waals surface area (Å²) < 4.78 is 5.25. The lowest BCUT2D eigenvalue weighted by Gasteiger charge is -2.20. The van der Waals surface area contributed by atoms with Crippen LogP contribution in [0.4, 0.5) is 0 Å². The van der Waals surface area contributed by atoms with E-state index in [1.54, 1.807) is 6.92 Å². The van der Waals surface area contributed by atoms with E-state index in [0.717, 1.165) is 19.4 Å². The summed E-state index contributed by atoms with van der Waals surface area (Å²) in [5, 5.41) is 9.38. The average Bonchev–Trinajstić information content (AvgIpc) is 2.36. The van der Waals surface area contributed by atoms with Crippen LogP contribution in [0.5, 0.6) is 0 Å². The van der Waals surface area contributed by atoms with Crippen molar-refractivity contribution in [2.24, 2.45) is 5.73 Å². The van der Waals surface area contributed by atoms with Crippen molar-refractivity contribution in [2.45, 2.75) is 38.0 Å². The molecule has 3 atom stereocenters. The first-order valence-corrected chi connectivity index (χ1v) is 3.77. The summed E-state index contributed by atoms with van der Waals surface area (Å²) in [5.74, 6) is 0. The molecule has 10 heavy (non-hydrogen) atoms. The van der Waals surface area contributed by atoms with E-state index in [9.17, 15) is 5.11 Å². The minimum Gasteiger partial charge on any atom is -0.389 e. The largest absolute Gasteiger partial charge is 0.389 e. The van der Waals surface area contributed by atoms with Gasteiger partial charge in [0.15, 0.2) is 0 Å². The SMILES string of the molecule is CC(N)C(O)C1CCCO1. The third-order valence-electron chi connectivity index (χ3n) is 1.88. The van der Waals surface area contributed by atoms with Crippen molar-refractivity contribution < 1.29 is 9.84 Å². The molecule has 0 bridgehead atoms. The molecular weight excluding hydrogens is 130 g/mol. The smallest absolute Gasteiger partial charge is 0.0949 e. The Labute approximate surface area is 61.2 Å². The molecule has 0 aromatic heterocycles. The molecule has 3 heteroatoms. The van der Waals surface area contributed by atoms with Gasteiger partial charge in [-0.15, -0.1) is 0 Å². The molecule has 0 amide bonds. The number of aliphatic hydroxyl groups is 1. The third-order valence-corrected chi connectivity index (χ3v) is 1.88. The molecule has 0 saturated carbocycles. The summed E-state index contributed by atoms with van der Waals surface area (Å²) in [4.78, 5) is 0. The van der Waals surface area contributed by atoms with Crippen LogP contribution in [0.25, 0.3) is 0 Å². The molecule has 60 valence electrons. The highest BCUT2D eigenvalue weighted by Gasteiger charge is 2.26. The second-order valence-corrected chi connectivity index (χ2v) is 2.90. The third kappa shape index (κ3) is 1.68. The van der Waals surface area contributed by atoms with Gasteiger partial charge in [0, 0.05) is 12.6 Å². The van der Waals surface area contributed by atoms with Crippen LogP contribution in [0.1, 0.15) is 19.8 Å². The summed E-state index contributed by atoms with van der Waals surface area (Å²) in [6.45, 7) is 2.57. The minimum absolute atomic E-state index is 0.0139. The fraction of sp³-hybridized carbons (Fsp3) is 1.00. The van der Waals surface area contributed by atoms with Crippen LogP contribution >= 0.6 is 0 Å². The molecule has 0 spiro atoms. The first-order chi connectivity index (χ1) is 4.72. The zero-order valence-corrected chi connectivity index (χ0v) is 6.29. The Balaban J connectivity index is 2.32. The lowest BCUT2D eigenvalue weighted by atomic mass is 10.1. The van der Waals surface area contributed by atoms with E-state index >= 15 is 0 Å². The van der Waals surface area contributed by atoms with Crippen molar-refractivity contribution in [1.29, 1.82) is 0 Å². The van der Waals surface area contributed by atoms with E-state index < -0.39 is 6.10 Å². The summed E-state index contributed by atoms with van der Waals surface area (Å²) in [7, 11) is 0. The standard InChI is InChI=1S/C7H15NO2/c1-5(8)7(9)6-3-2-4-10-6/h5-7,9H,2-4,8H2,1H3. The number of nitrogens with two attached hydrogens (primary N) is 1. The maximum atomic E-state index is 9.38. The van der Waals surface area contributed by atoms with Gasteiger partial charge in [0.2, 0.25) is 0 Å². The van der Waals surface area contributed by atoms with Crippen LogP contribution in [-0.2, 0) is 4.74 Å². The summed E-state index contributed by atoms with van der Waals surface area (Å²) >= 11 is 0. The van der Waals surface area contributed by atoms with Crippen LogP contribution in [0, 0.1) is 0 Å². The molecule has 1 fully saturated rings. The Morgan fingerprint density at radius 2 is 2.40 bits per heavy atom. The van der Waals surface area contributed by atoms with Gasteiger partial charge in [-0.25, -0.2) is 0 Å². The van der Waals surface area contributed by atoms with E-state index in [1.165, 1.54) is 0 Å². The monoisotopic (exact) mass is 145 g/mol. The Morgan fingerprint density at radius 3 is 2.80 bits per heavy atom. The van der Waals surface area contributed by atoms with Crippen molar-refractivity contribution in [3.63, 3.8) is 0 Å². The fourth-order valence-corrected chi connectivity index (χ4v) is 1.21. The lowest BCUT2D eigenvalue weighted by Crippen LogP contribution is -2.40. The van der Waals surface area contributed by atoms with Crippen LogP contribution in [-0.4, -0.2) is 30.0 Å². The first kappa shape index (κ1) is 7.98. The average molecular weight is 145 g/mol. The van der Waals surface area contributed by atoms with Crippen molar-refractivity contribution in [1.82, 2.24) is 0 Å². The molecule has 3 nitrogen and oxygen atoms in total. The number of rotatable bonds is 2. The van der Waals surface area contributed by atoms with Gasteiger partial charge in [0.25, 0.3) is 0 Å². The van der Waals surface area contributed by atoms with E-state index in [0.29, 0.717) is 0 Å². The molecule has 1 aliphatic heterocycles. The van der Waals surface area contributed by atoms with Crippen LogP contribution < -0.4 is 5.73 Å². The second-order valence-electron chi connectivity index (χ2n) is 2.90. The van der Waals surface area contributed by atoms with Gasteiger partial charge in [-0.2, -0.15) is 0 Å². The lowest BCUT2D eigenvalue weighted by molar-refractivity contribution is -0.0110. The van der Waals surface area contributed by atoms with Gasteiger partial charge in [-0.1, -0.05) is 0 Å². The highest BCUT2D eigenvalue weighted by molar-refractivity contribution is 4.79. The summed E-state index contributed by atoms with van der Waals surface area (Å²) in [6, 6.07) is -0.178. The Bertz CT molecular complexity index is 99.8. The molecule has 0 aromatic rings. The maximum Gasteiger partial charge on any atom is 0.0949 e. The van der Waals surface area contributed by atoms with E-state index in [-0.39, 0.29) is 12.1 Å². The number of aliphatic hydroxyl groups excluding tert-OH is 1. The second kappa shape index (κ2) is 3.32. The molecule has 3 N–H and O–H groups in total. The van der Waals surface area contributed by atoms with E-state index in [2.05, 4.69) is 0 Å². The van der Waals surface area contributed by atoms with Crippen molar-refractivity contribution >= 4 is 0 Å². The van der Waals surface area contributed by atoms with Gasteiger partial charge in [0.1, 0.15) is 0 Å². The number of hydrogen-bond donors (Lipinski definition) is 2. The van der Waals surface area contributed by atoms with E-state index in [1.807, 2.05) is 0 Å². The number of hydrogen-bond acceptors (Lipinski definition) is 3. The molecule has 1 rings (SSSR count). The van der Waals surface area contributed by atoms with Gasteiger partial charge in [-0.3, -0.25) is 0 Å². The summed E-state index contributed by atoms with van der Waals surface area (Å²) in [5.41, 5.74) is 5.49. The highest BCUT2D eigenvalue weighted by atomic mass is 16.5.